The summed E-state index contributed by atoms with van der Waals surface area (Å²) in [6.45, 7) is 4.44. The van der Waals surface area contributed by atoms with E-state index in [1.54, 1.807) is 0 Å². The van der Waals surface area contributed by atoms with Crippen molar-refractivity contribution in [3.63, 3.8) is 0 Å². The molecule has 0 saturated carbocycles. The summed E-state index contributed by atoms with van der Waals surface area (Å²) in [6, 6.07) is 18.2. The van der Waals surface area contributed by atoms with Crippen molar-refractivity contribution < 1.29 is 0 Å². The summed E-state index contributed by atoms with van der Waals surface area (Å²) in [4.78, 5) is 3.69. The Morgan fingerprint density at radius 1 is 1.13 bits per heavy atom. The SMILES string of the molecule is Cc1ccc2[nH]c3c(c2c1)CCCC3N[C@@H](C)c1ccccc1. The van der Waals surface area contributed by atoms with Gasteiger partial charge in [0.15, 0.2) is 0 Å². The van der Waals surface area contributed by atoms with Crippen LogP contribution in [-0.4, -0.2) is 4.98 Å². The molecule has 1 aliphatic carbocycles. The van der Waals surface area contributed by atoms with Gasteiger partial charge in [0.25, 0.3) is 0 Å². The molecule has 1 aliphatic rings. The molecular formula is C21H24N2. The standard InChI is InChI=1S/C21H24N2/c1-14-11-12-19-18(13-14)17-9-6-10-20(21(17)23-19)22-15(2)16-7-4-3-5-8-16/h3-5,7-8,11-13,15,20,22-23H,6,9-10H2,1-2H3/t15-,20?/m0/s1. The molecule has 0 spiro atoms. The van der Waals surface area contributed by atoms with Crippen LogP contribution in [0.1, 0.15) is 54.2 Å². The molecule has 0 fully saturated rings. The number of nitrogens with one attached hydrogen (secondary N) is 2. The Bertz CT molecular complexity index is 816. The van der Waals surface area contributed by atoms with Gasteiger partial charge in [0.1, 0.15) is 0 Å². The molecule has 2 aromatic carbocycles. The third-order valence-corrected chi connectivity index (χ3v) is 5.11. The lowest BCUT2D eigenvalue weighted by Gasteiger charge is -2.27. The number of fused-ring (bicyclic) bond motifs is 3. The molecule has 118 valence electrons. The van der Waals surface area contributed by atoms with E-state index in [9.17, 15) is 0 Å². The highest BCUT2D eigenvalue weighted by Crippen LogP contribution is 2.36. The molecule has 4 rings (SSSR count). The first kappa shape index (κ1) is 14.5. The van der Waals surface area contributed by atoms with E-state index in [4.69, 9.17) is 0 Å². The zero-order valence-corrected chi connectivity index (χ0v) is 13.9. The molecule has 3 aromatic rings. The second kappa shape index (κ2) is 5.86. The summed E-state index contributed by atoms with van der Waals surface area (Å²) in [5, 5.41) is 5.25. The number of aryl methyl sites for hydroxylation is 2. The predicted octanol–water partition coefficient (Wildman–Crippen LogP) is 5.20. The lowest BCUT2D eigenvalue weighted by atomic mass is 9.90. The molecule has 0 saturated heterocycles. The number of aromatic amines is 1. The van der Waals surface area contributed by atoms with Crippen molar-refractivity contribution in [2.45, 2.75) is 45.2 Å². The van der Waals surface area contributed by atoms with Crippen molar-refractivity contribution >= 4 is 10.9 Å². The first-order chi connectivity index (χ1) is 11.2. The molecule has 2 N–H and O–H groups in total. The number of aromatic nitrogens is 1. The van der Waals surface area contributed by atoms with Crippen LogP contribution in [-0.2, 0) is 6.42 Å². The smallest absolute Gasteiger partial charge is 0.0480 e. The van der Waals surface area contributed by atoms with Crippen LogP contribution in [0.25, 0.3) is 10.9 Å². The number of benzene rings is 2. The highest BCUT2D eigenvalue weighted by Gasteiger charge is 2.25. The Morgan fingerprint density at radius 2 is 1.96 bits per heavy atom. The van der Waals surface area contributed by atoms with Crippen molar-refractivity contribution in [1.29, 1.82) is 0 Å². The van der Waals surface area contributed by atoms with E-state index in [1.807, 2.05) is 0 Å². The summed E-state index contributed by atoms with van der Waals surface area (Å²) in [5.41, 5.74) is 6.90. The van der Waals surface area contributed by atoms with Gasteiger partial charge in [-0.1, -0.05) is 42.0 Å². The van der Waals surface area contributed by atoms with E-state index in [1.165, 1.54) is 52.5 Å². The average molecular weight is 304 g/mol. The van der Waals surface area contributed by atoms with Crippen molar-refractivity contribution in [2.75, 3.05) is 0 Å². The summed E-state index contributed by atoms with van der Waals surface area (Å²) >= 11 is 0. The van der Waals surface area contributed by atoms with Crippen molar-refractivity contribution in [2.24, 2.45) is 0 Å². The van der Waals surface area contributed by atoms with Gasteiger partial charge < -0.3 is 10.3 Å². The van der Waals surface area contributed by atoms with Crippen LogP contribution in [0.2, 0.25) is 0 Å². The Hall–Kier alpha value is -2.06. The molecule has 2 heteroatoms. The summed E-state index contributed by atoms with van der Waals surface area (Å²) < 4.78 is 0. The Labute approximate surface area is 137 Å². The average Bonchev–Trinajstić information content (AvgIpc) is 2.95. The van der Waals surface area contributed by atoms with E-state index in [-0.39, 0.29) is 0 Å². The maximum Gasteiger partial charge on any atom is 0.0480 e. The maximum absolute atomic E-state index is 3.84. The zero-order chi connectivity index (χ0) is 15.8. The van der Waals surface area contributed by atoms with Crippen LogP contribution in [0, 0.1) is 6.92 Å². The van der Waals surface area contributed by atoms with Gasteiger partial charge in [-0.3, -0.25) is 0 Å². The zero-order valence-electron chi connectivity index (χ0n) is 13.9. The minimum atomic E-state index is 0.361. The second-order valence-corrected chi connectivity index (χ2v) is 6.81. The van der Waals surface area contributed by atoms with Crippen LogP contribution in [0.3, 0.4) is 0 Å². The number of hydrogen-bond donors (Lipinski definition) is 2. The van der Waals surface area contributed by atoms with Crippen molar-refractivity contribution in [1.82, 2.24) is 10.3 Å². The fourth-order valence-corrected chi connectivity index (χ4v) is 3.88. The van der Waals surface area contributed by atoms with Gasteiger partial charge in [0.05, 0.1) is 0 Å². The van der Waals surface area contributed by atoms with Crippen LogP contribution in [0.4, 0.5) is 0 Å². The Balaban J connectivity index is 1.66. The maximum atomic E-state index is 3.84. The molecule has 1 unspecified atom stereocenters. The fraction of sp³-hybridized carbons (Fsp3) is 0.333. The van der Waals surface area contributed by atoms with Gasteiger partial charge in [0.2, 0.25) is 0 Å². The van der Waals surface area contributed by atoms with Gasteiger partial charge in [-0.15, -0.1) is 0 Å². The molecule has 1 heterocycles. The van der Waals surface area contributed by atoms with E-state index in [0.717, 1.165) is 0 Å². The van der Waals surface area contributed by atoms with Crippen molar-refractivity contribution in [3.8, 4) is 0 Å². The molecule has 0 aliphatic heterocycles. The molecule has 0 radical (unpaired) electrons. The monoisotopic (exact) mass is 304 g/mol. The van der Waals surface area contributed by atoms with Crippen LogP contribution in [0.15, 0.2) is 48.5 Å². The van der Waals surface area contributed by atoms with Crippen LogP contribution in [0.5, 0.6) is 0 Å². The first-order valence-electron chi connectivity index (χ1n) is 8.64. The topological polar surface area (TPSA) is 27.8 Å². The third-order valence-electron chi connectivity index (χ3n) is 5.11. The minimum absolute atomic E-state index is 0.361. The van der Waals surface area contributed by atoms with E-state index < -0.39 is 0 Å². The molecule has 2 atom stereocenters. The molecule has 1 aromatic heterocycles. The quantitative estimate of drug-likeness (QED) is 0.683. The lowest BCUT2D eigenvalue weighted by molar-refractivity contribution is 0.410. The van der Waals surface area contributed by atoms with Crippen molar-refractivity contribution in [3.05, 3.63) is 70.9 Å². The highest BCUT2D eigenvalue weighted by atomic mass is 15.0. The van der Waals surface area contributed by atoms with E-state index >= 15 is 0 Å². The Kier molecular flexibility index (Phi) is 3.70. The van der Waals surface area contributed by atoms with Gasteiger partial charge in [-0.05, 0) is 56.4 Å². The summed E-state index contributed by atoms with van der Waals surface area (Å²) in [5.74, 6) is 0. The Morgan fingerprint density at radius 3 is 2.78 bits per heavy atom. The molecule has 23 heavy (non-hydrogen) atoms. The van der Waals surface area contributed by atoms with E-state index in [2.05, 4.69) is 72.7 Å². The lowest BCUT2D eigenvalue weighted by Crippen LogP contribution is -2.27. The predicted molar refractivity (Wildman–Crippen MR) is 96.7 cm³/mol. The van der Waals surface area contributed by atoms with Gasteiger partial charge >= 0.3 is 0 Å². The van der Waals surface area contributed by atoms with Gasteiger partial charge in [-0.2, -0.15) is 0 Å². The van der Waals surface area contributed by atoms with Crippen LogP contribution >= 0.6 is 0 Å². The molecule has 0 amide bonds. The first-order valence-corrected chi connectivity index (χ1v) is 8.64. The third kappa shape index (κ3) is 2.68. The second-order valence-electron chi connectivity index (χ2n) is 6.81. The molecule has 0 bridgehead atoms. The minimum Gasteiger partial charge on any atom is -0.357 e. The normalized spacial score (nSPS) is 18.8. The molecule has 2 nitrogen and oxygen atoms in total. The molecular weight excluding hydrogens is 280 g/mol. The van der Waals surface area contributed by atoms with Crippen LogP contribution < -0.4 is 5.32 Å². The van der Waals surface area contributed by atoms with Gasteiger partial charge in [0, 0.05) is 28.7 Å². The summed E-state index contributed by atoms with van der Waals surface area (Å²) in [6.07, 6.45) is 3.65. The fourth-order valence-electron chi connectivity index (χ4n) is 3.88. The largest absolute Gasteiger partial charge is 0.357 e. The number of H-pyrrole nitrogens is 1. The highest BCUT2D eigenvalue weighted by molar-refractivity contribution is 5.85. The number of rotatable bonds is 3. The number of hydrogen-bond acceptors (Lipinski definition) is 1. The van der Waals surface area contributed by atoms with E-state index in [0.29, 0.717) is 12.1 Å². The summed E-state index contributed by atoms with van der Waals surface area (Å²) in [7, 11) is 0. The van der Waals surface area contributed by atoms with Gasteiger partial charge in [-0.25, -0.2) is 0 Å².